The van der Waals surface area contributed by atoms with Gasteiger partial charge in [-0.25, -0.2) is 13.1 Å². The minimum atomic E-state index is -3.39. The van der Waals surface area contributed by atoms with Gasteiger partial charge < -0.3 is 10.1 Å². The average molecular weight is 335 g/mol. The van der Waals surface area contributed by atoms with Gasteiger partial charge in [0.2, 0.25) is 10.0 Å². The first-order valence-corrected chi connectivity index (χ1v) is 9.67. The Bertz CT molecular complexity index is 498. The zero-order chi connectivity index (χ0) is 15.7. The summed E-state index contributed by atoms with van der Waals surface area (Å²) in [5, 5.41) is 4.87. The molecule has 1 heterocycles. The molecule has 7 heteroatoms. The molecule has 0 bridgehead atoms. The van der Waals surface area contributed by atoms with Crippen molar-refractivity contribution in [3.8, 4) is 0 Å². The second kappa shape index (κ2) is 9.53. The average Bonchev–Trinajstić information content (AvgIpc) is 2.89. The second-order valence-electron chi connectivity index (χ2n) is 5.25. The third-order valence-corrected chi connectivity index (χ3v) is 5.22. The molecular formula is C14H26N2O3S2. The first-order valence-electron chi connectivity index (χ1n) is 7.31. The molecule has 122 valence electrons. The molecule has 5 nitrogen and oxygen atoms in total. The van der Waals surface area contributed by atoms with Crippen molar-refractivity contribution in [3.05, 3.63) is 16.3 Å². The maximum absolute atomic E-state index is 12.1. The fraction of sp³-hybridized carbons (Fsp3) is 0.714. The first-order chi connectivity index (χ1) is 9.95. The van der Waals surface area contributed by atoms with E-state index < -0.39 is 10.0 Å². The van der Waals surface area contributed by atoms with Gasteiger partial charge in [0.1, 0.15) is 0 Å². The molecule has 0 atom stereocenters. The molecule has 1 rings (SSSR count). The molecule has 0 unspecified atom stereocenters. The van der Waals surface area contributed by atoms with Crippen LogP contribution in [0.5, 0.6) is 0 Å². The van der Waals surface area contributed by atoms with Gasteiger partial charge in [0, 0.05) is 36.6 Å². The van der Waals surface area contributed by atoms with Crippen molar-refractivity contribution < 1.29 is 13.2 Å². The topological polar surface area (TPSA) is 67.4 Å². The molecule has 0 aliphatic heterocycles. The van der Waals surface area contributed by atoms with E-state index in [1.54, 1.807) is 11.4 Å². The van der Waals surface area contributed by atoms with Crippen molar-refractivity contribution in [2.75, 3.05) is 26.3 Å². The molecule has 2 N–H and O–H groups in total. The quantitative estimate of drug-likeness (QED) is 0.609. The Kier molecular flexibility index (Phi) is 8.43. The lowest BCUT2D eigenvalue weighted by Gasteiger charge is -2.07. The molecule has 0 aliphatic carbocycles. The zero-order valence-electron chi connectivity index (χ0n) is 13.0. The van der Waals surface area contributed by atoms with E-state index in [1.165, 1.54) is 11.3 Å². The van der Waals surface area contributed by atoms with Gasteiger partial charge in [-0.1, -0.05) is 20.8 Å². The summed E-state index contributed by atoms with van der Waals surface area (Å²) < 4.78 is 32.2. The van der Waals surface area contributed by atoms with E-state index in [2.05, 4.69) is 23.9 Å². The third-order valence-electron chi connectivity index (χ3n) is 2.70. The fourth-order valence-electron chi connectivity index (χ4n) is 1.63. The SMILES string of the molecule is CCNCc1cc(S(=O)(=O)NCCCOCC(C)C)cs1. The van der Waals surface area contributed by atoms with E-state index in [-0.39, 0.29) is 0 Å². The van der Waals surface area contributed by atoms with Crippen molar-refractivity contribution in [2.45, 2.75) is 38.6 Å². The lowest BCUT2D eigenvalue weighted by atomic mass is 10.2. The highest BCUT2D eigenvalue weighted by Gasteiger charge is 2.15. The summed E-state index contributed by atoms with van der Waals surface area (Å²) >= 11 is 1.46. The molecule has 21 heavy (non-hydrogen) atoms. The molecular weight excluding hydrogens is 308 g/mol. The van der Waals surface area contributed by atoms with Gasteiger partial charge in [0.05, 0.1) is 4.90 Å². The minimum Gasteiger partial charge on any atom is -0.381 e. The number of ether oxygens (including phenoxy) is 1. The summed E-state index contributed by atoms with van der Waals surface area (Å²) in [6, 6.07) is 1.73. The van der Waals surface area contributed by atoms with E-state index in [1.807, 2.05) is 6.92 Å². The Morgan fingerprint density at radius 3 is 2.81 bits per heavy atom. The molecule has 0 spiro atoms. The summed E-state index contributed by atoms with van der Waals surface area (Å²) in [6.45, 7) is 9.47. The van der Waals surface area contributed by atoms with Gasteiger partial charge in [0.25, 0.3) is 0 Å². The Morgan fingerprint density at radius 2 is 2.14 bits per heavy atom. The number of thiophene rings is 1. The van der Waals surface area contributed by atoms with Gasteiger partial charge in [-0.05, 0) is 24.9 Å². The third kappa shape index (κ3) is 7.37. The largest absolute Gasteiger partial charge is 0.381 e. The van der Waals surface area contributed by atoms with Crippen LogP contribution in [0.1, 0.15) is 32.1 Å². The lowest BCUT2D eigenvalue weighted by Crippen LogP contribution is -2.25. The van der Waals surface area contributed by atoms with Crippen LogP contribution >= 0.6 is 11.3 Å². The number of nitrogens with one attached hydrogen (secondary N) is 2. The summed E-state index contributed by atoms with van der Waals surface area (Å²) in [5.74, 6) is 0.502. The van der Waals surface area contributed by atoms with Gasteiger partial charge in [-0.3, -0.25) is 0 Å². The summed E-state index contributed by atoms with van der Waals surface area (Å²) in [4.78, 5) is 1.38. The van der Waals surface area contributed by atoms with Crippen molar-refractivity contribution in [3.63, 3.8) is 0 Å². The summed E-state index contributed by atoms with van der Waals surface area (Å²) in [5.41, 5.74) is 0. The molecule has 0 aliphatic rings. The van der Waals surface area contributed by atoms with Crippen LogP contribution in [-0.2, 0) is 21.3 Å². The number of hydrogen-bond acceptors (Lipinski definition) is 5. The predicted octanol–water partition coefficient (Wildman–Crippen LogP) is 2.20. The smallest absolute Gasteiger partial charge is 0.241 e. The van der Waals surface area contributed by atoms with Crippen LogP contribution in [0.4, 0.5) is 0 Å². The standard InChI is InChI=1S/C14H26N2O3S2/c1-4-15-9-13-8-14(11-20-13)21(17,18)16-6-5-7-19-10-12(2)3/h8,11-12,15-16H,4-7,9-10H2,1-3H3. The maximum Gasteiger partial charge on any atom is 0.241 e. The van der Waals surface area contributed by atoms with E-state index >= 15 is 0 Å². The van der Waals surface area contributed by atoms with Crippen LogP contribution in [0, 0.1) is 5.92 Å². The van der Waals surface area contributed by atoms with Crippen LogP contribution < -0.4 is 10.0 Å². The predicted molar refractivity (Wildman–Crippen MR) is 87.2 cm³/mol. The summed E-state index contributed by atoms with van der Waals surface area (Å²) in [7, 11) is -3.39. The summed E-state index contributed by atoms with van der Waals surface area (Å²) in [6.07, 6.45) is 0.681. The molecule has 1 aromatic rings. The normalized spacial score (nSPS) is 12.2. The molecule has 0 saturated heterocycles. The molecule has 0 fully saturated rings. The second-order valence-corrected chi connectivity index (χ2v) is 8.01. The van der Waals surface area contributed by atoms with Crippen molar-refractivity contribution in [1.29, 1.82) is 0 Å². The molecule has 1 aromatic heterocycles. The van der Waals surface area contributed by atoms with Crippen LogP contribution in [-0.4, -0.2) is 34.7 Å². The van der Waals surface area contributed by atoms with Gasteiger partial charge >= 0.3 is 0 Å². The highest BCUT2D eigenvalue weighted by Crippen LogP contribution is 2.18. The molecule has 0 saturated carbocycles. The van der Waals surface area contributed by atoms with E-state index in [4.69, 9.17) is 4.74 Å². The lowest BCUT2D eigenvalue weighted by molar-refractivity contribution is 0.108. The first kappa shape index (κ1) is 18.6. The highest BCUT2D eigenvalue weighted by molar-refractivity contribution is 7.89. The van der Waals surface area contributed by atoms with Gasteiger partial charge in [-0.15, -0.1) is 11.3 Å². The Balaban J connectivity index is 2.34. The number of sulfonamides is 1. The maximum atomic E-state index is 12.1. The molecule has 0 aromatic carbocycles. The van der Waals surface area contributed by atoms with Gasteiger partial charge in [-0.2, -0.15) is 0 Å². The Hall–Kier alpha value is -0.470. The molecule has 0 radical (unpaired) electrons. The monoisotopic (exact) mass is 334 g/mol. The molecule has 0 amide bonds. The van der Waals surface area contributed by atoms with E-state index in [0.717, 1.165) is 11.4 Å². The van der Waals surface area contributed by atoms with Crippen LogP contribution in [0.25, 0.3) is 0 Å². The van der Waals surface area contributed by atoms with E-state index in [0.29, 0.717) is 43.5 Å². The Morgan fingerprint density at radius 1 is 1.38 bits per heavy atom. The van der Waals surface area contributed by atoms with Crippen molar-refractivity contribution in [2.24, 2.45) is 5.92 Å². The minimum absolute atomic E-state index is 0.350. The van der Waals surface area contributed by atoms with Crippen molar-refractivity contribution >= 4 is 21.4 Å². The number of rotatable bonds is 11. The van der Waals surface area contributed by atoms with Crippen LogP contribution in [0.2, 0.25) is 0 Å². The van der Waals surface area contributed by atoms with Gasteiger partial charge in [0.15, 0.2) is 0 Å². The van der Waals surface area contributed by atoms with E-state index in [9.17, 15) is 8.42 Å². The zero-order valence-corrected chi connectivity index (χ0v) is 14.6. The fourth-order valence-corrected chi connectivity index (χ4v) is 3.94. The van der Waals surface area contributed by atoms with Crippen molar-refractivity contribution in [1.82, 2.24) is 10.0 Å². The van der Waals surface area contributed by atoms with Crippen LogP contribution in [0.3, 0.4) is 0 Å². The Labute approximate surface area is 132 Å². The highest BCUT2D eigenvalue weighted by atomic mass is 32.2. The van der Waals surface area contributed by atoms with Crippen LogP contribution in [0.15, 0.2) is 16.3 Å². The number of hydrogen-bond donors (Lipinski definition) is 2.